The molecule has 9 nitrogen and oxygen atoms in total. The summed E-state index contributed by atoms with van der Waals surface area (Å²) in [5, 5.41) is 16.0. The minimum Gasteiger partial charge on any atom is -0.496 e. The molecular formula is C27H26N6O3S. The zero-order valence-corrected chi connectivity index (χ0v) is 21.5. The second kappa shape index (κ2) is 9.98. The minimum absolute atomic E-state index is 0.0283. The van der Waals surface area contributed by atoms with Crippen molar-refractivity contribution in [1.82, 2.24) is 24.8 Å². The van der Waals surface area contributed by atoms with E-state index in [1.807, 2.05) is 54.8 Å². The van der Waals surface area contributed by atoms with Crippen molar-refractivity contribution in [2.45, 2.75) is 32.5 Å². The van der Waals surface area contributed by atoms with Crippen LogP contribution in [0.4, 0.5) is 5.69 Å². The van der Waals surface area contributed by atoms with Crippen LogP contribution in [0.25, 0.3) is 5.69 Å². The average Bonchev–Trinajstić information content (AvgIpc) is 3.39. The third kappa shape index (κ3) is 4.51. The molecule has 10 heteroatoms. The Hall–Kier alpha value is -4.31. The van der Waals surface area contributed by atoms with Crippen molar-refractivity contribution >= 4 is 23.0 Å². The fourth-order valence-corrected chi connectivity index (χ4v) is 5.31. The van der Waals surface area contributed by atoms with Gasteiger partial charge in [0.15, 0.2) is 5.11 Å². The van der Waals surface area contributed by atoms with Crippen LogP contribution >= 0.6 is 12.2 Å². The summed E-state index contributed by atoms with van der Waals surface area (Å²) in [6, 6.07) is 18.2. The summed E-state index contributed by atoms with van der Waals surface area (Å²) in [5.74, 6) is 0.431. The predicted octanol–water partition coefficient (Wildman–Crippen LogP) is 4.97. The normalized spacial score (nSPS) is 17.1. The number of nitrogens with one attached hydrogen (secondary N) is 1. The molecule has 1 saturated heterocycles. The first-order valence-corrected chi connectivity index (χ1v) is 12.2. The first-order chi connectivity index (χ1) is 17.9. The van der Waals surface area contributed by atoms with Gasteiger partial charge in [0.05, 0.1) is 48.1 Å². The van der Waals surface area contributed by atoms with Crippen LogP contribution in [0.2, 0.25) is 0 Å². The van der Waals surface area contributed by atoms with Crippen molar-refractivity contribution in [3.8, 4) is 11.4 Å². The lowest BCUT2D eigenvalue weighted by Gasteiger charge is -2.28. The van der Waals surface area contributed by atoms with Crippen molar-refractivity contribution in [2.75, 3.05) is 7.11 Å². The fraction of sp³-hybridized carbons (Fsp3) is 0.222. The third-order valence-corrected chi connectivity index (χ3v) is 7.02. The van der Waals surface area contributed by atoms with Gasteiger partial charge >= 0.3 is 0 Å². The number of pyridine rings is 2. The largest absolute Gasteiger partial charge is 0.496 e. The Morgan fingerprint density at radius 3 is 2.49 bits per heavy atom. The molecule has 0 amide bonds. The first-order valence-electron chi connectivity index (χ1n) is 11.8. The second-order valence-corrected chi connectivity index (χ2v) is 9.24. The van der Waals surface area contributed by atoms with Gasteiger partial charge in [0.2, 0.25) is 0 Å². The molecule has 4 aromatic rings. The van der Waals surface area contributed by atoms with E-state index in [0.29, 0.717) is 23.1 Å². The summed E-state index contributed by atoms with van der Waals surface area (Å²) in [5.41, 5.74) is 4.95. The van der Waals surface area contributed by atoms with Crippen LogP contribution < -0.4 is 10.1 Å². The fourth-order valence-electron chi connectivity index (χ4n) is 5.00. The highest BCUT2D eigenvalue weighted by Crippen LogP contribution is 2.42. The van der Waals surface area contributed by atoms with Crippen molar-refractivity contribution in [1.29, 1.82) is 0 Å². The van der Waals surface area contributed by atoms with E-state index >= 15 is 0 Å². The quantitative estimate of drug-likeness (QED) is 0.210. The smallest absolute Gasteiger partial charge is 0.296 e. The Morgan fingerprint density at radius 2 is 1.84 bits per heavy atom. The maximum Gasteiger partial charge on any atom is 0.296 e. The van der Waals surface area contributed by atoms with Gasteiger partial charge in [0, 0.05) is 23.8 Å². The van der Waals surface area contributed by atoms with Crippen molar-refractivity contribution in [3.05, 3.63) is 112 Å². The van der Waals surface area contributed by atoms with Crippen molar-refractivity contribution < 1.29 is 9.66 Å². The molecule has 4 heterocycles. The lowest BCUT2D eigenvalue weighted by Crippen LogP contribution is -2.29. The van der Waals surface area contributed by atoms with Gasteiger partial charge in [-0.15, -0.1) is 0 Å². The molecule has 0 aliphatic carbocycles. The molecule has 3 aromatic heterocycles. The maximum atomic E-state index is 12.0. The Balaban J connectivity index is 1.65. The molecule has 37 heavy (non-hydrogen) atoms. The monoisotopic (exact) mass is 514 g/mol. The average molecular weight is 515 g/mol. The molecule has 1 aliphatic rings. The van der Waals surface area contributed by atoms with Crippen LogP contribution in [0.5, 0.6) is 5.75 Å². The van der Waals surface area contributed by atoms with Gasteiger partial charge in [-0.2, -0.15) is 0 Å². The summed E-state index contributed by atoms with van der Waals surface area (Å²) in [6.45, 7) is 4.43. The van der Waals surface area contributed by atoms with E-state index in [0.717, 1.165) is 28.3 Å². The molecule has 1 aromatic carbocycles. The topological polar surface area (TPSA) is 98.3 Å². The van der Waals surface area contributed by atoms with Crippen molar-refractivity contribution in [2.24, 2.45) is 0 Å². The molecule has 0 radical (unpaired) electrons. The first kappa shape index (κ1) is 24.4. The number of nitro groups is 1. The molecule has 5 rings (SSSR count). The molecule has 2 unspecified atom stereocenters. The van der Waals surface area contributed by atoms with Gasteiger partial charge in [0.25, 0.3) is 5.69 Å². The van der Waals surface area contributed by atoms with Crippen LogP contribution in [-0.4, -0.2) is 36.6 Å². The number of aromatic nitrogens is 3. The molecule has 0 bridgehead atoms. The molecule has 2 atom stereocenters. The number of aryl methyl sites for hydroxylation is 1. The van der Waals surface area contributed by atoms with E-state index in [4.69, 9.17) is 17.0 Å². The maximum absolute atomic E-state index is 12.0. The molecule has 1 aliphatic heterocycles. The number of hydrogen-bond acceptors (Lipinski definition) is 6. The van der Waals surface area contributed by atoms with E-state index in [1.165, 1.54) is 13.2 Å². The number of nitro benzene ring substituents is 1. The SMILES string of the molecule is COc1ccc(-n2c(C)cc(C3C(c4ccccn4)NC(=S)N3Cc3ccccn3)c2C)c([N+](=O)[O-])c1. The molecular weight excluding hydrogens is 488 g/mol. The van der Waals surface area contributed by atoms with Crippen LogP contribution in [0, 0.1) is 24.0 Å². The highest BCUT2D eigenvalue weighted by atomic mass is 32.1. The summed E-state index contributed by atoms with van der Waals surface area (Å²) in [4.78, 5) is 22.8. The number of nitrogens with zero attached hydrogens (tertiary/aromatic N) is 5. The van der Waals surface area contributed by atoms with E-state index in [-0.39, 0.29) is 22.7 Å². The molecule has 1 fully saturated rings. The van der Waals surface area contributed by atoms with Gasteiger partial charge in [-0.05, 0) is 74.1 Å². The van der Waals surface area contributed by atoms with E-state index in [2.05, 4.69) is 26.3 Å². The minimum atomic E-state index is -0.382. The van der Waals surface area contributed by atoms with Gasteiger partial charge in [0.1, 0.15) is 11.4 Å². The van der Waals surface area contributed by atoms with E-state index in [1.54, 1.807) is 24.5 Å². The number of rotatable bonds is 7. The molecule has 188 valence electrons. The predicted molar refractivity (Wildman–Crippen MR) is 144 cm³/mol. The summed E-state index contributed by atoms with van der Waals surface area (Å²) < 4.78 is 7.15. The summed E-state index contributed by atoms with van der Waals surface area (Å²) in [6.07, 6.45) is 3.53. The van der Waals surface area contributed by atoms with Crippen LogP contribution in [0.3, 0.4) is 0 Å². The molecule has 1 N–H and O–H groups in total. The Labute approximate surface area is 219 Å². The molecule has 0 saturated carbocycles. The lowest BCUT2D eigenvalue weighted by molar-refractivity contribution is -0.384. The molecule has 0 spiro atoms. The van der Waals surface area contributed by atoms with Gasteiger partial charge in [-0.25, -0.2) is 0 Å². The highest BCUT2D eigenvalue weighted by molar-refractivity contribution is 7.80. The van der Waals surface area contributed by atoms with E-state index < -0.39 is 0 Å². The number of hydrogen-bond donors (Lipinski definition) is 1. The third-order valence-electron chi connectivity index (χ3n) is 6.67. The number of benzene rings is 1. The summed E-state index contributed by atoms with van der Waals surface area (Å²) in [7, 11) is 1.49. The summed E-state index contributed by atoms with van der Waals surface area (Å²) >= 11 is 5.80. The van der Waals surface area contributed by atoms with Crippen LogP contribution in [0.15, 0.2) is 73.1 Å². The number of ether oxygens (including phenoxy) is 1. The Morgan fingerprint density at radius 1 is 1.08 bits per heavy atom. The van der Waals surface area contributed by atoms with Crippen LogP contribution in [-0.2, 0) is 6.54 Å². The highest BCUT2D eigenvalue weighted by Gasteiger charge is 2.41. The van der Waals surface area contributed by atoms with Crippen LogP contribution in [0.1, 0.15) is 40.4 Å². The second-order valence-electron chi connectivity index (χ2n) is 8.85. The van der Waals surface area contributed by atoms with Crippen molar-refractivity contribution in [3.63, 3.8) is 0 Å². The lowest BCUT2D eigenvalue weighted by atomic mass is 9.96. The zero-order chi connectivity index (χ0) is 26.1. The Bertz CT molecular complexity index is 1460. The van der Waals surface area contributed by atoms with Gasteiger partial charge in [-0.1, -0.05) is 12.1 Å². The number of thiocarbonyl (C=S) groups is 1. The van der Waals surface area contributed by atoms with Gasteiger partial charge < -0.3 is 19.5 Å². The zero-order valence-electron chi connectivity index (χ0n) is 20.7. The number of methoxy groups -OCH3 is 1. The standard InChI is InChI=1S/C27H26N6O3S/c1-17-14-21(18(2)32(17)23-11-10-20(36-3)15-24(23)33(34)35)26-25(22-9-5-7-13-29-22)30-27(37)31(26)16-19-8-4-6-12-28-19/h4-15,25-26H,16H2,1-3H3,(H,30,37). The van der Waals surface area contributed by atoms with Gasteiger partial charge in [-0.3, -0.25) is 20.1 Å². The Kier molecular flexibility index (Phi) is 6.58. The van der Waals surface area contributed by atoms with E-state index in [9.17, 15) is 10.1 Å².